The molecule has 0 N–H and O–H groups in total. The first kappa shape index (κ1) is 41.7. The van der Waals surface area contributed by atoms with Gasteiger partial charge in [0, 0.05) is 0 Å². The molecule has 54 heavy (non-hydrogen) atoms. The van der Waals surface area contributed by atoms with E-state index < -0.39 is 0 Å². The molecule has 2 aromatic carbocycles. The zero-order valence-corrected chi connectivity index (χ0v) is 37.7. The fraction of sp³-hybridized carbons (Fsp3) is 0.706. The third kappa shape index (κ3) is 11.6. The van der Waals surface area contributed by atoms with Gasteiger partial charge in [-0.05, 0) is 111 Å². The van der Waals surface area contributed by atoms with Crippen LogP contribution in [0.25, 0.3) is 5.57 Å². The molecule has 0 heterocycles. The van der Waals surface area contributed by atoms with E-state index in [1.54, 1.807) is 154 Å². The third-order valence-electron chi connectivity index (χ3n) is 14.8. The molecule has 0 spiro atoms. The number of hydrogen-bond acceptors (Lipinski definition) is 0. The SMILES string of the molecule is C1CCC(P(C2CCCCC2)C2CCCCC2)CC1.C1CCC(P(C2CCCCC2)C2CCCCC2)CC1.[Ru]=[C]1C=C(c2ccccc2)c2ccccc21. The van der Waals surface area contributed by atoms with Gasteiger partial charge in [0.15, 0.2) is 0 Å². The standard InChI is InChI=1S/2C18H33P.C15H10.Ru/c2*1-4-10-16(11-5-1)19(17-12-6-2-7-13-17)18-14-8-3-9-15-18;1-2-6-12(7-3-1)15-11-10-13-8-4-5-9-14(13)15;/h2*16-18H,1-15H2;1-9,11H;. The number of rotatable bonds is 7. The van der Waals surface area contributed by atoms with Crippen LogP contribution in [-0.4, -0.2) is 38.1 Å². The molecule has 2 aromatic rings. The summed E-state index contributed by atoms with van der Waals surface area (Å²) in [5.41, 5.74) is 12.4. The van der Waals surface area contributed by atoms with Crippen molar-refractivity contribution in [2.45, 2.75) is 227 Å². The first-order valence-electron chi connectivity index (χ1n) is 23.7. The van der Waals surface area contributed by atoms with Crippen LogP contribution < -0.4 is 0 Å². The molecular formula is C51H76P2Ru. The predicted octanol–water partition coefficient (Wildman–Crippen LogP) is 16.1. The van der Waals surface area contributed by atoms with Gasteiger partial charge in [-0.1, -0.05) is 131 Å². The Labute approximate surface area is 345 Å². The third-order valence-corrected chi connectivity index (χ3v) is 23.7. The number of hydrogen-bond donors (Lipinski definition) is 0. The summed E-state index contributed by atoms with van der Waals surface area (Å²) in [4.78, 5) is 0. The summed E-state index contributed by atoms with van der Waals surface area (Å²) in [6.45, 7) is 0. The molecule has 298 valence electrons. The second kappa shape index (κ2) is 22.6. The molecule has 0 aliphatic heterocycles. The first-order valence-corrected chi connectivity index (χ1v) is 27.7. The summed E-state index contributed by atoms with van der Waals surface area (Å²) >= 11 is 2.71. The molecule has 0 radical (unpaired) electrons. The van der Waals surface area contributed by atoms with Crippen molar-refractivity contribution in [2.75, 3.05) is 0 Å². The molecule has 0 unspecified atom stereocenters. The van der Waals surface area contributed by atoms with E-state index in [1.165, 1.54) is 98.8 Å². The van der Waals surface area contributed by atoms with Crippen molar-refractivity contribution in [3.05, 3.63) is 77.4 Å². The van der Waals surface area contributed by atoms with Gasteiger partial charge < -0.3 is 0 Å². The van der Waals surface area contributed by atoms with Gasteiger partial charge >= 0.3 is 105 Å². The Morgan fingerprint density at radius 2 is 0.611 bits per heavy atom. The summed E-state index contributed by atoms with van der Waals surface area (Å²) in [7, 11) is 0.770. The molecule has 0 aromatic heterocycles. The predicted molar refractivity (Wildman–Crippen MR) is 239 cm³/mol. The molecule has 3 heteroatoms. The Morgan fingerprint density at radius 1 is 0.333 bits per heavy atom. The quantitative estimate of drug-likeness (QED) is 0.192. The van der Waals surface area contributed by atoms with E-state index in [-0.39, 0.29) is 0 Å². The van der Waals surface area contributed by atoms with Gasteiger partial charge in [0.2, 0.25) is 0 Å². The Kier molecular flexibility index (Phi) is 17.5. The molecule has 7 aliphatic rings. The molecule has 0 nitrogen and oxygen atoms in total. The normalized spacial score (nSPS) is 24.4. The van der Waals surface area contributed by atoms with Crippen LogP contribution in [0.3, 0.4) is 0 Å². The van der Waals surface area contributed by atoms with E-state index in [0.717, 1.165) is 0 Å². The van der Waals surface area contributed by atoms with E-state index in [0.29, 0.717) is 15.8 Å². The van der Waals surface area contributed by atoms with Crippen molar-refractivity contribution in [1.82, 2.24) is 0 Å². The van der Waals surface area contributed by atoms with Gasteiger partial charge in [-0.2, -0.15) is 0 Å². The molecule has 0 saturated heterocycles. The van der Waals surface area contributed by atoms with Crippen LogP contribution in [0.15, 0.2) is 60.7 Å². The van der Waals surface area contributed by atoms with Crippen molar-refractivity contribution >= 4 is 25.5 Å². The molecule has 0 bridgehead atoms. The maximum absolute atomic E-state index is 2.71. The van der Waals surface area contributed by atoms with Crippen LogP contribution in [0.5, 0.6) is 0 Å². The minimum atomic E-state index is 0.385. The number of fused-ring (bicyclic) bond motifs is 1. The van der Waals surface area contributed by atoms with Crippen molar-refractivity contribution in [2.24, 2.45) is 0 Å². The minimum absolute atomic E-state index is 0.385. The Balaban J connectivity index is 0.000000126. The van der Waals surface area contributed by atoms with Crippen LogP contribution in [-0.2, 0) is 17.9 Å². The topological polar surface area (TPSA) is 0 Å². The van der Waals surface area contributed by atoms with Gasteiger partial charge in [-0.3, -0.25) is 0 Å². The van der Waals surface area contributed by atoms with Crippen LogP contribution in [0.1, 0.15) is 209 Å². The van der Waals surface area contributed by atoms with Gasteiger partial charge in [-0.15, -0.1) is 0 Å². The Bertz CT molecular complexity index is 1260. The fourth-order valence-corrected chi connectivity index (χ4v) is 22.1. The van der Waals surface area contributed by atoms with E-state index in [2.05, 4.69) is 78.5 Å². The second-order valence-electron chi connectivity index (χ2n) is 18.4. The van der Waals surface area contributed by atoms with Crippen LogP contribution in [0.4, 0.5) is 0 Å². The zero-order chi connectivity index (χ0) is 36.8. The fourth-order valence-electron chi connectivity index (χ4n) is 12.1. The van der Waals surface area contributed by atoms with Crippen LogP contribution in [0.2, 0.25) is 0 Å². The average Bonchev–Trinajstić information content (AvgIpc) is 3.60. The van der Waals surface area contributed by atoms with Crippen molar-refractivity contribution < 1.29 is 17.9 Å². The molecular weight excluding hydrogens is 776 g/mol. The summed E-state index contributed by atoms with van der Waals surface area (Å²) in [6, 6.07) is 19.1. The number of benzene rings is 2. The number of allylic oxidation sites excluding steroid dienone is 1. The zero-order valence-electron chi connectivity index (χ0n) is 34.2. The van der Waals surface area contributed by atoms with Crippen molar-refractivity contribution in [1.29, 1.82) is 0 Å². The summed E-state index contributed by atoms with van der Waals surface area (Å²) in [6.07, 6.45) is 49.5. The Morgan fingerprint density at radius 3 is 0.926 bits per heavy atom. The Hall–Kier alpha value is -0.467. The van der Waals surface area contributed by atoms with Crippen molar-refractivity contribution in [3.8, 4) is 0 Å². The van der Waals surface area contributed by atoms with E-state index >= 15 is 0 Å². The molecule has 6 fully saturated rings. The molecule has 6 saturated carbocycles. The average molecular weight is 852 g/mol. The summed E-state index contributed by atoms with van der Waals surface area (Å²) in [5.74, 6) is 0. The van der Waals surface area contributed by atoms with E-state index in [9.17, 15) is 0 Å². The summed E-state index contributed by atoms with van der Waals surface area (Å²) in [5, 5.41) is 0. The van der Waals surface area contributed by atoms with Gasteiger partial charge in [-0.25, -0.2) is 0 Å². The van der Waals surface area contributed by atoms with Gasteiger partial charge in [0.25, 0.3) is 0 Å². The van der Waals surface area contributed by atoms with Crippen molar-refractivity contribution in [3.63, 3.8) is 0 Å². The van der Waals surface area contributed by atoms with E-state index in [4.69, 9.17) is 0 Å². The maximum atomic E-state index is 2.71. The van der Waals surface area contributed by atoms with E-state index in [1.807, 2.05) is 0 Å². The van der Waals surface area contributed by atoms with Gasteiger partial charge in [0.1, 0.15) is 0 Å². The van der Waals surface area contributed by atoms with Crippen LogP contribution >= 0.6 is 15.8 Å². The molecule has 0 atom stereocenters. The monoisotopic (exact) mass is 852 g/mol. The van der Waals surface area contributed by atoms with Crippen LogP contribution in [0, 0.1) is 0 Å². The molecule has 0 amide bonds. The van der Waals surface area contributed by atoms with Gasteiger partial charge in [0.05, 0.1) is 0 Å². The first-order chi connectivity index (χ1) is 26.8. The molecule has 7 aliphatic carbocycles. The summed E-state index contributed by atoms with van der Waals surface area (Å²) < 4.78 is 1.29. The molecule has 9 rings (SSSR count). The second-order valence-corrected chi connectivity index (χ2v) is 25.6.